The second kappa shape index (κ2) is 8.47. The fourth-order valence-corrected chi connectivity index (χ4v) is 4.37. The van der Waals surface area contributed by atoms with Gasteiger partial charge in [-0.25, -0.2) is 0 Å². The molecule has 1 aliphatic rings. The summed E-state index contributed by atoms with van der Waals surface area (Å²) in [6, 6.07) is 20.4. The van der Waals surface area contributed by atoms with Gasteiger partial charge in [-0.2, -0.15) is 0 Å². The first-order chi connectivity index (χ1) is 13.7. The third-order valence-electron chi connectivity index (χ3n) is 6.04. The number of phenols is 1. The number of carbonyl (C=O) groups is 1. The van der Waals surface area contributed by atoms with Gasteiger partial charge in [0.15, 0.2) is 6.29 Å². The van der Waals surface area contributed by atoms with Crippen LogP contribution < -0.4 is 4.90 Å². The SMILES string of the molecule is O=Cc1c(O)ccc2cc(N3CCC(CCCc4ccccc4)CC3)ccc12. The molecule has 1 fully saturated rings. The smallest absolute Gasteiger partial charge is 0.154 e. The molecular weight excluding hydrogens is 346 g/mol. The van der Waals surface area contributed by atoms with E-state index < -0.39 is 0 Å². The van der Waals surface area contributed by atoms with Gasteiger partial charge in [0, 0.05) is 18.8 Å². The molecule has 1 N–H and O–H groups in total. The molecule has 0 saturated carbocycles. The van der Waals surface area contributed by atoms with Gasteiger partial charge in [0.05, 0.1) is 5.56 Å². The van der Waals surface area contributed by atoms with Gasteiger partial charge >= 0.3 is 0 Å². The first kappa shape index (κ1) is 18.5. The fourth-order valence-electron chi connectivity index (χ4n) is 4.37. The summed E-state index contributed by atoms with van der Waals surface area (Å²) in [5, 5.41) is 11.7. The summed E-state index contributed by atoms with van der Waals surface area (Å²) in [5.74, 6) is 0.866. The Hall–Kier alpha value is -2.81. The summed E-state index contributed by atoms with van der Waals surface area (Å²) in [4.78, 5) is 13.7. The van der Waals surface area contributed by atoms with Crippen molar-refractivity contribution in [2.45, 2.75) is 32.1 Å². The molecule has 0 radical (unpaired) electrons. The number of aldehydes is 1. The second-order valence-electron chi connectivity index (χ2n) is 7.83. The minimum absolute atomic E-state index is 0.0477. The Bertz CT molecular complexity index is 943. The quantitative estimate of drug-likeness (QED) is 0.572. The number of aryl methyl sites for hydroxylation is 1. The lowest BCUT2D eigenvalue weighted by Gasteiger charge is -2.34. The van der Waals surface area contributed by atoms with Crippen molar-refractivity contribution in [3.63, 3.8) is 0 Å². The van der Waals surface area contributed by atoms with Crippen LogP contribution in [0.25, 0.3) is 10.8 Å². The normalized spacial score (nSPS) is 15.1. The Morgan fingerprint density at radius 3 is 2.54 bits per heavy atom. The maximum Gasteiger partial charge on any atom is 0.154 e. The van der Waals surface area contributed by atoms with Gasteiger partial charge < -0.3 is 10.0 Å². The highest BCUT2D eigenvalue weighted by molar-refractivity contribution is 6.01. The van der Waals surface area contributed by atoms with Crippen LogP contribution in [0.15, 0.2) is 60.7 Å². The van der Waals surface area contributed by atoms with Crippen molar-refractivity contribution in [1.82, 2.24) is 0 Å². The van der Waals surface area contributed by atoms with Gasteiger partial charge in [-0.1, -0.05) is 42.5 Å². The number of benzene rings is 3. The summed E-state index contributed by atoms with van der Waals surface area (Å²) in [5.41, 5.74) is 3.02. The number of phenolic OH excluding ortho intramolecular Hbond substituents is 1. The van der Waals surface area contributed by atoms with Crippen molar-refractivity contribution >= 4 is 22.7 Å². The molecule has 144 valence electrons. The number of piperidine rings is 1. The molecule has 28 heavy (non-hydrogen) atoms. The van der Waals surface area contributed by atoms with E-state index in [2.05, 4.69) is 47.4 Å². The van der Waals surface area contributed by atoms with E-state index in [9.17, 15) is 9.90 Å². The fraction of sp³-hybridized carbons (Fsp3) is 0.320. The number of anilines is 1. The standard InChI is InChI=1S/C25H27NO2/c27-18-24-23-11-10-22(17-21(23)9-12-25(24)28)26-15-13-20(14-16-26)8-4-7-19-5-2-1-3-6-19/h1-3,5-6,9-12,17-18,20,28H,4,7-8,13-16H2. The van der Waals surface area contributed by atoms with E-state index in [1.807, 2.05) is 12.1 Å². The number of rotatable bonds is 6. The van der Waals surface area contributed by atoms with Gasteiger partial charge in [0.2, 0.25) is 0 Å². The summed E-state index contributed by atoms with van der Waals surface area (Å²) in [6.07, 6.45) is 6.96. The molecule has 0 aliphatic carbocycles. The molecule has 1 heterocycles. The maximum atomic E-state index is 11.3. The minimum atomic E-state index is 0.0477. The summed E-state index contributed by atoms with van der Waals surface area (Å²) >= 11 is 0. The molecule has 3 aromatic rings. The van der Waals surface area contributed by atoms with E-state index in [0.717, 1.165) is 36.1 Å². The predicted molar refractivity (Wildman–Crippen MR) is 115 cm³/mol. The van der Waals surface area contributed by atoms with Crippen LogP contribution in [0, 0.1) is 5.92 Å². The first-order valence-electron chi connectivity index (χ1n) is 10.2. The Morgan fingerprint density at radius 2 is 1.79 bits per heavy atom. The Morgan fingerprint density at radius 1 is 1.00 bits per heavy atom. The lowest BCUT2D eigenvalue weighted by atomic mass is 9.90. The molecule has 3 aromatic carbocycles. The van der Waals surface area contributed by atoms with E-state index in [-0.39, 0.29) is 5.75 Å². The number of carbonyl (C=O) groups excluding carboxylic acids is 1. The van der Waals surface area contributed by atoms with Crippen molar-refractivity contribution < 1.29 is 9.90 Å². The van der Waals surface area contributed by atoms with Crippen LogP contribution in [0.3, 0.4) is 0 Å². The van der Waals surface area contributed by atoms with Crippen LogP contribution in [-0.4, -0.2) is 24.5 Å². The van der Waals surface area contributed by atoms with Crippen LogP contribution in [0.2, 0.25) is 0 Å². The molecule has 3 nitrogen and oxygen atoms in total. The van der Waals surface area contributed by atoms with E-state index in [1.54, 1.807) is 6.07 Å². The van der Waals surface area contributed by atoms with Crippen LogP contribution in [0.5, 0.6) is 5.75 Å². The molecule has 0 atom stereocenters. The molecule has 1 saturated heterocycles. The topological polar surface area (TPSA) is 40.5 Å². The van der Waals surface area contributed by atoms with Crippen molar-refractivity contribution in [2.24, 2.45) is 5.92 Å². The Balaban J connectivity index is 1.34. The molecular formula is C25H27NO2. The monoisotopic (exact) mass is 373 g/mol. The molecule has 3 heteroatoms. The highest BCUT2D eigenvalue weighted by atomic mass is 16.3. The van der Waals surface area contributed by atoms with Crippen molar-refractivity contribution in [3.05, 3.63) is 71.8 Å². The first-order valence-corrected chi connectivity index (χ1v) is 10.2. The molecule has 0 spiro atoms. The second-order valence-corrected chi connectivity index (χ2v) is 7.83. The molecule has 0 bridgehead atoms. The largest absolute Gasteiger partial charge is 0.507 e. The van der Waals surface area contributed by atoms with E-state index in [0.29, 0.717) is 5.56 Å². The number of hydrogen-bond acceptors (Lipinski definition) is 3. The summed E-state index contributed by atoms with van der Waals surface area (Å²) < 4.78 is 0. The molecule has 0 amide bonds. The van der Waals surface area contributed by atoms with Gasteiger partial charge in [-0.05, 0) is 72.6 Å². The maximum absolute atomic E-state index is 11.3. The van der Waals surface area contributed by atoms with Crippen LogP contribution >= 0.6 is 0 Å². The molecule has 4 rings (SSSR count). The zero-order chi connectivity index (χ0) is 19.3. The van der Waals surface area contributed by atoms with Gasteiger partial charge in [-0.3, -0.25) is 4.79 Å². The predicted octanol–water partition coefficient (Wildman–Crippen LogP) is 5.60. The van der Waals surface area contributed by atoms with Crippen LogP contribution in [0.4, 0.5) is 5.69 Å². The van der Waals surface area contributed by atoms with Crippen molar-refractivity contribution in [3.8, 4) is 5.75 Å². The summed E-state index contributed by atoms with van der Waals surface area (Å²) in [6.45, 7) is 2.17. The lowest BCUT2D eigenvalue weighted by Crippen LogP contribution is -2.33. The van der Waals surface area contributed by atoms with Crippen molar-refractivity contribution in [2.75, 3.05) is 18.0 Å². The minimum Gasteiger partial charge on any atom is -0.507 e. The zero-order valence-electron chi connectivity index (χ0n) is 16.2. The Labute approximate surface area is 166 Å². The van der Waals surface area contributed by atoms with E-state index >= 15 is 0 Å². The third-order valence-corrected chi connectivity index (χ3v) is 6.04. The lowest BCUT2D eigenvalue weighted by molar-refractivity contribution is 0.112. The molecule has 0 unspecified atom stereocenters. The van der Waals surface area contributed by atoms with Crippen LogP contribution in [0.1, 0.15) is 41.6 Å². The van der Waals surface area contributed by atoms with E-state index in [4.69, 9.17) is 0 Å². The third kappa shape index (κ3) is 4.04. The molecule has 1 aliphatic heterocycles. The van der Waals surface area contributed by atoms with Crippen molar-refractivity contribution in [1.29, 1.82) is 0 Å². The highest BCUT2D eigenvalue weighted by Gasteiger charge is 2.19. The zero-order valence-corrected chi connectivity index (χ0v) is 16.2. The van der Waals surface area contributed by atoms with Gasteiger partial charge in [0.25, 0.3) is 0 Å². The Kier molecular flexibility index (Phi) is 5.61. The number of nitrogens with zero attached hydrogens (tertiary/aromatic N) is 1. The highest BCUT2D eigenvalue weighted by Crippen LogP contribution is 2.31. The van der Waals surface area contributed by atoms with Gasteiger partial charge in [0.1, 0.15) is 5.75 Å². The summed E-state index contributed by atoms with van der Waals surface area (Å²) in [7, 11) is 0. The molecule has 0 aromatic heterocycles. The number of aromatic hydroxyl groups is 1. The number of hydrogen-bond donors (Lipinski definition) is 1. The van der Waals surface area contributed by atoms with Gasteiger partial charge in [-0.15, -0.1) is 0 Å². The van der Waals surface area contributed by atoms with E-state index in [1.165, 1.54) is 43.4 Å². The average Bonchev–Trinajstić information content (AvgIpc) is 2.75. The average molecular weight is 373 g/mol. The number of fused-ring (bicyclic) bond motifs is 1. The van der Waals surface area contributed by atoms with Crippen LogP contribution in [-0.2, 0) is 6.42 Å².